The van der Waals surface area contributed by atoms with Crippen LogP contribution in [0.15, 0.2) is 11.3 Å². The summed E-state index contributed by atoms with van der Waals surface area (Å²) >= 11 is 1.85. The molecule has 0 saturated heterocycles. The highest BCUT2D eigenvalue weighted by Gasteiger charge is 2.20. The number of aryl methyl sites for hydroxylation is 1. The second-order valence-electron chi connectivity index (χ2n) is 4.73. The van der Waals surface area contributed by atoms with Crippen LogP contribution in [0.25, 0.3) is 0 Å². The van der Waals surface area contributed by atoms with Gasteiger partial charge >= 0.3 is 0 Å². The largest absolute Gasteiger partial charge is 0.358 e. The van der Waals surface area contributed by atoms with E-state index in [4.69, 9.17) is 0 Å². The molecule has 6 heteroatoms. The third kappa shape index (κ3) is 3.46. The molecule has 1 aliphatic rings. The Bertz CT molecular complexity index is 398. The first-order valence-corrected chi connectivity index (χ1v) is 6.81. The Morgan fingerprint density at radius 1 is 1.59 bits per heavy atom. The van der Waals surface area contributed by atoms with Gasteiger partial charge in [-0.1, -0.05) is 25.6 Å². The first kappa shape index (κ1) is 12.4. The molecule has 1 atom stereocenters. The normalized spacial score (nSPS) is 19.8. The van der Waals surface area contributed by atoms with Gasteiger partial charge in [-0.3, -0.25) is 4.99 Å². The molecule has 94 valence electrons. The zero-order valence-electron chi connectivity index (χ0n) is 10.6. The minimum absolute atomic E-state index is 0.636. The molecule has 1 aromatic rings. The van der Waals surface area contributed by atoms with Crippen molar-refractivity contribution in [3.8, 4) is 0 Å². The van der Waals surface area contributed by atoms with Crippen LogP contribution in [0.1, 0.15) is 26.1 Å². The monoisotopic (exact) mass is 253 g/mol. The van der Waals surface area contributed by atoms with E-state index in [1.165, 1.54) is 6.42 Å². The van der Waals surface area contributed by atoms with Crippen LogP contribution in [0.3, 0.4) is 0 Å². The quantitative estimate of drug-likeness (QED) is 0.882. The molecule has 5 nitrogen and oxygen atoms in total. The Morgan fingerprint density at radius 3 is 3.06 bits per heavy atom. The molecule has 0 radical (unpaired) electrons. The van der Waals surface area contributed by atoms with Crippen molar-refractivity contribution in [1.29, 1.82) is 0 Å². The number of hydrogen-bond donors (Lipinski definition) is 1. The molecule has 0 spiro atoms. The fourth-order valence-corrected chi connectivity index (χ4v) is 3.04. The lowest BCUT2D eigenvalue weighted by atomic mass is 10.1. The van der Waals surface area contributed by atoms with Crippen molar-refractivity contribution < 1.29 is 0 Å². The topological polar surface area (TPSA) is 55.1 Å². The lowest BCUT2D eigenvalue weighted by Gasteiger charge is -2.11. The fourth-order valence-electron chi connectivity index (χ4n) is 1.78. The smallest absolute Gasteiger partial charge is 0.157 e. The number of amidine groups is 1. The van der Waals surface area contributed by atoms with Crippen molar-refractivity contribution in [2.45, 2.75) is 32.1 Å². The number of nitrogens with one attached hydrogen (secondary N) is 1. The highest BCUT2D eigenvalue weighted by molar-refractivity contribution is 8.14. The third-order valence-corrected chi connectivity index (χ3v) is 3.83. The molecular weight excluding hydrogens is 234 g/mol. The summed E-state index contributed by atoms with van der Waals surface area (Å²) in [4.78, 5) is 4.51. The van der Waals surface area contributed by atoms with Crippen LogP contribution in [-0.2, 0) is 13.6 Å². The SMILES string of the molecule is CC(C)CC1CN=C(NCc2nncn2C)S1. The van der Waals surface area contributed by atoms with Crippen LogP contribution >= 0.6 is 11.8 Å². The summed E-state index contributed by atoms with van der Waals surface area (Å²) in [5.74, 6) is 1.67. The van der Waals surface area contributed by atoms with Gasteiger partial charge in [-0.2, -0.15) is 0 Å². The fraction of sp³-hybridized carbons (Fsp3) is 0.727. The van der Waals surface area contributed by atoms with Gasteiger partial charge in [0.1, 0.15) is 6.33 Å². The molecule has 17 heavy (non-hydrogen) atoms. The summed E-state index contributed by atoms with van der Waals surface area (Å²) in [5.41, 5.74) is 0. The number of nitrogens with zero attached hydrogens (tertiary/aromatic N) is 4. The lowest BCUT2D eigenvalue weighted by molar-refractivity contribution is 0.575. The van der Waals surface area contributed by atoms with Crippen molar-refractivity contribution in [3.05, 3.63) is 12.2 Å². The van der Waals surface area contributed by atoms with E-state index in [0.29, 0.717) is 11.8 Å². The number of aromatic nitrogens is 3. The third-order valence-electron chi connectivity index (χ3n) is 2.65. The summed E-state index contributed by atoms with van der Waals surface area (Å²) in [7, 11) is 1.95. The lowest BCUT2D eigenvalue weighted by Crippen LogP contribution is -2.21. The number of aliphatic imine (C=N–C) groups is 1. The molecule has 1 aliphatic heterocycles. The number of hydrogen-bond acceptors (Lipinski definition) is 5. The minimum atomic E-state index is 0.636. The summed E-state index contributed by atoms with van der Waals surface area (Å²) in [6, 6.07) is 0. The van der Waals surface area contributed by atoms with Crippen LogP contribution in [0.4, 0.5) is 0 Å². The predicted octanol–water partition coefficient (Wildman–Crippen LogP) is 1.42. The van der Waals surface area contributed by atoms with Crippen LogP contribution in [0.5, 0.6) is 0 Å². The van der Waals surface area contributed by atoms with Crippen molar-refractivity contribution in [2.75, 3.05) is 6.54 Å². The molecular formula is C11H19N5S. The highest BCUT2D eigenvalue weighted by Crippen LogP contribution is 2.25. The zero-order chi connectivity index (χ0) is 12.3. The van der Waals surface area contributed by atoms with Gasteiger partial charge in [0.2, 0.25) is 0 Å². The molecule has 1 unspecified atom stereocenters. The second-order valence-corrected chi connectivity index (χ2v) is 6.02. The van der Waals surface area contributed by atoms with Gasteiger partial charge in [0.05, 0.1) is 13.1 Å². The summed E-state index contributed by atoms with van der Waals surface area (Å²) in [6.45, 7) is 6.14. The molecule has 1 N–H and O–H groups in total. The van der Waals surface area contributed by atoms with Gasteiger partial charge in [0.15, 0.2) is 11.0 Å². The van der Waals surface area contributed by atoms with Crippen molar-refractivity contribution in [1.82, 2.24) is 20.1 Å². The molecule has 0 aromatic carbocycles. The molecule has 0 aliphatic carbocycles. The molecule has 0 saturated carbocycles. The highest BCUT2D eigenvalue weighted by atomic mass is 32.2. The van der Waals surface area contributed by atoms with E-state index in [2.05, 4.69) is 34.4 Å². The van der Waals surface area contributed by atoms with Crippen LogP contribution < -0.4 is 5.32 Å². The Hall–Kier alpha value is -1.04. The van der Waals surface area contributed by atoms with E-state index in [9.17, 15) is 0 Å². The van der Waals surface area contributed by atoms with Crippen LogP contribution in [0, 0.1) is 5.92 Å². The van der Waals surface area contributed by atoms with E-state index in [1.807, 2.05) is 23.4 Å². The number of thioether (sulfide) groups is 1. The van der Waals surface area contributed by atoms with Crippen molar-refractivity contribution in [2.24, 2.45) is 18.0 Å². The predicted molar refractivity (Wildman–Crippen MR) is 71.0 cm³/mol. The Kier molecular flexibility index (Phi) is 4.04. The maximum absolute atomic E-state index is 4.51. The van der Waals surface area contributed by atoms with Gasteiger partial charge in [-0.05, 0) is 12.3 Å². The average molecular weight is 253 g/mol. The standard InChI is InChI=1S/C11H19N5S/c1-8(2)4-9-5-12-11(17-9)13-6-10-15-14-7-16(10)3/h7-9H,4-6H2,1-3H3,(H,12,13). The summed E-state index contributed by atoms with van der Waals surface area (Å²) in [5, 5.41) is 12.9. The van der Waals surface area contributed by atoms with Gasteiger partial charge < -0.3 is 9.88 Å². The first-order valence-electron chi connectivity index (χ1n) is 5.93. The number of rotatable bonds is 4. The van der Waals surface area contributed by atoms with Gasteiger partial charge in [0.25, 0.3) is 0 Å². The van der Waals surface area contributed by atoms with E-state index in [-0.39, 0.29) is 0 Å². The summed E-state index contributed by atoms with van der Waals surface area (Å²) < 4.78 is 1.92. The van der Waals surface area contributed by atoms with Gasteiger partial charge in [0, 0.05) is 12.3 Å². The zero-order valence-corrected chi connectivity index (χ0v) is 11.4. The van der Waals surface area contributed by atoms with E-state index in [1.54, 1.807) is 6.33 Å². The maximum atomic E-state index is 4.51. The summed E-state index contributed by atoms with van der Waals surface area (Å²) in [6.07, 6.45) is 2.94. The van der Waals surface area contributed by atoms with E-state index in [0.717, 1.165) is 23.5 Å². The Morgan fingerprint density at radius 2 is 2.41 bits per heavy atom. The van der Waals surface area contributed by atoms with Gasteiger partial charge in [-0.25, -0.2) is 0 Å². The second kappa shape index (κ2) is 5.53. The molecule has 2 rings (SSSR count). The average Bonchev–Trinajstić information content (AvgIpc) is 2.84. The van der Waals surface area contributed by atoms with Crippen LogP contribution in [0.2, 0.25) is 0 Å². The minimum Gasteiger partial charge on any atom is -0.358 e. The van der Waals surface area contributed by atoms with E-state index < -0.39 is 0 Å². The molecule has 2 heterocycles. The maximum Gasteiger partial charge on any atom is 0.157 e. The first-order chi connectivity index (χ1) is 8.15. The molecule has 0 fully saturated rings. The van der Waals surface area contributed by atoms with Crippen molar-refractivity contribution >= 4 is 16.9 Å². The molecule has 0 amide bonds. The Balaban J connectivity index is 1.77. The van der Waals surface area contributed by atoms with Gasteiger partial charge in [-0.15, -0.1) is 10.2 Å². The van der Waals surface area contributed by atoms with Crippen molar-refractivity contribution in [3.63, 3.8) is 0 Å². The van der Waals surface area contributed by atoms with E-state index >= 15 is 0 Å². The van der Waals surface area contributed by atoms with Crippen LogP contribution in [-0.4, -0.2) is 31.7 Å². The molecule has 0 bridgehead atoms. The molecule has 1 aromatic heterocycles. The Labute approximate surface area is 106 Å².